The number of carboxylic acids is 1. The third-order valence-corrected chi connectivity index (χ3v) is 4.56. The lowest BCUT2D eigenvalue weighted by Gasteiger charge is -2.37. The highest BCUT2D eigenvalue weighted by atomic mass is 35.5. The smallest absolute Gasteiger partial charge is 0.325 e. The molecule has 0 aliphatic carbocycles. The van der Waals surface area contributed by atoms with E-state index in [0.717, 1.165) is 19.6 Å². The molecule has 0 aromatic heterocycles. The van der Waals surface area contributed by atoms with E-state index in [1.54, 1.807) is 12.1 Å². The molecule has 1 aliphatic rings. The number of benzene rings is 1. The van der Waals surface area contributed by atoms with Crippen molar-refractivity contribution < 1.29 is 14.6 Å². The SMILES string of the molecule is CCN1CCN(C(C(=O)O)c2cc(Cl)c(OC)c(Cl)c2)CC1. The number of carbonyl (C=O) groups is 1. The number of aliphatic carboxylic acids is 1. The predicted octanol–water partition coefficient (Wildman–Crippen LogP) is 2.77. The Hall–Kier alpha value is -1.01. The number of piperazine rings is 1. The number of halogens is 2. The first-order valence-corrected chi connectivity index (χ1v) is 7.95. The quantitative estimate of drug-likeness (QED) is 0.888. The molecule has 0 bridgehead atoms. The number of methoxy groups -OCH3 is 1. The van der Waals surface area contributed by atoms with Crippen molar-refractivity contribution in [2.24, 2.45) is 0 Å². The minimum absolute atomic E-state index is 0.323. The van der Waals surface area contributed by atoms with Gasteiger partial charge in [-0.15, -0.1) is 0 Å². The van der Waals surface area contributed by atoms with E-state index < -0.39 is 12.0 Å². The zero-order valence-corrected chi connectivity index (χ0v) is 14.2. The van der Waals surface area contributed by atoms with Gasteiger partial charge in [0.15, 0.2) is 5.75 Å². The van der Waals surface area contributed by atoms with Crippen LogP contribution in [0.3, 0.4) is 0 Å². The van der Waals surface area contributed by atoms with Crippen molar-refractivity contribution in [2.75, 3.05) is 39.8 Å². The lowest BCUT2D eigenvalue weighted by atomic mass is 10.0. The molecule has 0 saturated carbocycles. The fourth-order valence-electron chi connectivity index (χ4n) is 2.78. The average Bonchev–Trinajstić information content (AvgIpc) is 2.47. The standard InChI is InChI=1S/C15H20Cl2N2O3/c1-3-18-4-6-19(7-5-18)13(15(20)21)10-8-11(16)14(22-2)12(17)9-10/h8-9,13H,3-7H2,1-2H3,(H,20,21). The van der Waals surface area contributed by atoms with E-state index in [4.69, 9.17) is 27.9 Å². The molecule has 5 nitrogen and oxygen atoms in total. The lowest BCUT2D eigenvalue weighted by Crippen LogP contribution is -2.49. The summed E-state index contributed by atoms with van der Waals surface area (Å²) in [6.45, 7) is 6.20. The van der Waals surface area contributed by atoms with Crippen LogP contribution >= 0.6 is 23.2 Å². The highest BCUT2D eigenvalue weighted by Crippen LogP contribution is 2.37. The molecule has 0 spiro atoms. The van der Waals surface area contributed by atoms with E-state index in [-0.39, 0.29) is 0 Å². The summed E-state index contributed by atoms with van der Waals surface area (Å²) in [5.74, 6) is -0.533. The van der Waals surface area contributed by atoms with Gasteiger partial charge < -0.3 is 14.7 Å². The van der Waals surface area contributed by atoms with Crippen LogP contribution < -0.4 is 4.74 Å². The van der Waals surface area contributed by atoms with Crippen molar-refractivity contribution in [1.82, 2.24) is 9.80 Å². The largest absolute Gasteiger partial charge is 0.494 e. The summed E-state index contributed by atoms with van der Waals surface area (Å²) in [6.07, 6.45) is 0. The topological polar surface area (TPSA) is 53.0 Å². The summed E-state index contributed by atoms with van der Waals surface area (Å²) in [7, 11) is 1.48. The summed E-state index contributed by atoms with van der Waals surface area (Å²) in [6, 6.07) is 2.49. The number of hydrogen-bond donors (Lipinski definition) is 1. The molecule has 22 heavy (non-hydrogen) atoms. The Morgan fingerprint density at radius 3 is 2.23 bits per heavy atom. The first kappa shape index (κ1) is 17.3. The Morgan fingerprint density at radius 2 is 1.82 bits per heavy atom. The molecule has 1 unspecified atom stereocenters. The van der Waals surface area contributed by atoms with Gasteiger partial charge >= 0.3 is 5.97 Å². The summed E-state index contributed by atoms with van der Waals surface area (Å²) < 4.78 is 5.11. The van der Waals surface area contributed by atoms with Crippen LogP contribution in [-0.4, -0.2) is 60.7 Å². The van der Waals surface area contributed by atoms with Gasteiger partial charge in [0, 0.05) is 26.2 Å². The second-order valence-electron chi connectivity index (χ2n) is 5.23. The van der Waals surface area contributed by atoms with Crippen molar-refractivity contribution in [1.29, 1.82) is 0 Å². The number of carboxylic acid groups (broad SMARTS) is 1. The Labute approximate surface area is 140 Å². The van der Waals surface area contributed by atoms with E-state index in [2.05, 4.69) is 11.8 Å². The highest BCUT2D eigenvalue weighted by molar-refractivity contribution is 6.37. The second-order valence-corrected chi connectivity index (χ2v) is 6.04. The van der Waals surface area contributed by atoms with Crippen LogP contribution in [0.1, 0.15) is 18.5 Å². The van der Waals surface area contributed by atoms with E-state index in [9.17, 15) is 9.90 Å². The Balaban J connectivity index is 2.27. The minimum atomic E-state index is -0.901. The van der Waals surface area contributed by atoms with Gasteiger partial charge in [-0.2, -0.15) is 0 Å². The van der Waals surface area contributed by atoms with Crippen molar-refractivity contribution in [3.63, 3.8) is 0 Å². The van der Waals surface area contributed by atoms with Crippen LogP contribution in [0.4, 0.5) is 0 Å². The van der Waals surface area contributed by atoms with Gasteiger partial charge in [0.05, 0.1) is 17.2 Å². The van der Waals surface area contributed by atoms with Crippen LogP contribution in [0.25, 0.3) is 0 Å². The summed E-state index contributed by atoms with van der Waals surface area (Å²) in [4.78, 5) is 16.0. The van der Waals surface area contributed by atoms with Crippen LogP contribution in [-0.2, 0) is 4.79 Å². The fraction of sp³-hybridized carbons (Fsp3) is 0.533. The molecule has 1 atom stereocenters. The van der Waals surface area contributed by atoms with Crippen molar-refractivity contribution in [3.05, 3.63) is 27.7 Å². The Bertz CT molecular complexity index is 523. The summed E-state index contributed by atoms with van der Waals surface area (Å²) in [5.41, 5.74) is 0.577. The molecule has 0 radical (unpaired) electrons. The molecule has 1 aromatic carbocycles. The predicted molar refractivity (Wildman–Crippen MR) is 87.1 cm³/mol. The number of rotatable bonds is 5. The fourth-order valence-corrected chi connectivity index (χ4v) is 3.44. The highest BCUT2D eigenvalue weighted by Gasteiger charge is 2.31. The lowest BCUT2D eigenvalue weighted by molar-refractivity contribution is -0.144. The number of likely N-dealkylation sites (N-methyl/N-ethyl adjacent to an activating group) is 1. The van der Waals surface area contributed by atoms with E-state index in [1.165, 1.54) is 7.11 Å². The molecule has 7 heteroatoms. The third-order valence-electron chi connectivity index (χ3n) is 3.99. The zero-order chi connectivity index (χ0) is 16.3. The van der Waals surface area contributed by atoms with Crippen molar-refractivity contribution >= 4 is 29.2 Å². The Kier molecular flexibility index (Phi) is 5.92. The monoisotopic (exact) mass is 346 g/mol. The van der Waals surface area contributed by atoms with Crippen LogP contribution in [0.15, 0.2) is 12.1 Å². The molecular formula is C15H20Cl2N2O3. The van der Waals surface area contributed by atoms with Crippen molar-refractivity contribution in [2.45, 2.75) is 13.0 Å². The van der Waals surface area contributed by atoms with Gasteiger partial charge in [-0.1, -0.05) is 30.1 Å². The number of nitrogens with zero attached hydrogens (tertiary/aromatic N) is 2. The molecule has 1 saturated heterocycles. The van der Waals surface area contributed by atoms with Gasteiger partial charge in [0.25, 0.3) is 0 Å². The molecule has 1 fully saturated rings. The molecule has 1 aromatic rings. The van der Waals surface area contributed by atoms with Crippen LogP contribution in [0, 0.1) is 0 Å². The van der Waals surface area contributed by atoms with Crippen LogP contribution in [0.5, 0.6) is 5.75 Å². The van der Waals surface area contributed by atoms with E-state index >= 15 is 0 Å². The van der Waals surface area contributed by atoms with Gasteiger partial charge in [-0.3, -0.25) is 9.69 Å². The molecule has 122 valence electrons. The molecule has 0 amide bonds. The van der Waals surface area contributed by atoms with Crippen molar-refractivity contribution in [3.8, 4) is 5.75 Å². The maximum atomic E-state index is 11.8. The molecule has 1 heterocycles. The van der Waals surface area contributed by atoms with Gasteiger partial charge in [0.2, 0.25) is 0 Å². The normalized spacial score (nSPS) is 18.2. The summed E-state index contributed by atoms with van der Waals surface area (Å²) in [5, 5.41) is 10.3. The molecule has 1 aliphatic heterocycles. The molecule has 2 rings (SSSR count). The van der Waals surface area contributed by atoms with Gasteiger partial charge in [-0.05, 0) is 24.2 Å². The van der Waals surface area contributed by atoms with Gasteiger partial charge in [0.1, 0.15) is 6.04 Å². The van der Waals surface area contributed by atoms with Gasteiger partial charge in [-0.25, -0.2) is 0 Å². The van der Waals surface area contributed by atoms with Crippen LogP contribution in [0.2, 0.25) is 10.0 Å². The molecule has 1 N–H and O–H groups in total. The first-order valence-electron chi connectivity index (χ1n) is 7.20. The zero-order valence-electron chi connectivity index (χ0n) is 12.7. The molecular weight excluding hydrogens is 327 g/mol. The maximum absolute atomic E-state index is 11.8. The minimum Gasteiger partial charge on any atom is -0.494 e. The van der Waals surface area contributed by atoms with E-state index in [0.29, 0.717) is 34.4 Å². The number of ether oxygens (including phenoxy) is 1. The number of hydrogen-bond acceptors (Lipinski definition) is 4. The summed E-state index contributed by atoms with van der Waals surface area (Å²) >= 11 is 12.3. The average molecular weight is 347 g/mol. The first-order chi connectivity index (χ1) is 10.5. The second kappa shape index (κ2) is 7.51. The third kappa shape index (κ3) is 3.66. The Morgan fingerprint density at radius 1 is 1.27 bits per heavy atom. The van der Waals surface area contributed by atoms with E-state index in [1.807, 2.05) is 4.90 Å². The maximum Gasteiger partial charge on any atom is 0.325 e.